The molecule has 25 heavy (non-hydrogen) atoms. The van der Waals surface area contributed by atoms with Gasteiger partial charge in [0.05, 0.1) is 6.21 Å². The van der Waals surface area contributed by atoms with Crippen LogP contribution in [0.3, 0.4) is 0 Å². The molecule has 0 saturated heterocycles. The first-order chi connectivity index (χ1) is 11.8. The highest BCUT2D eigenvalue weighted by Crippen LogP contribution is 2.41. The standard InChI is InChI=1S/C20H20ClN3O/c1-12-7-17(19(25)18(8-12)20(2,3)4)16-6-5-14(21)9-13(16)10-15-11-22-24-23-15/h5-11,25H,1-4H3. The zero-order valence-electron chi connectivity index (χ0n) is 14.7. The minimum absolute atomic E-state index is 0.164. The Bertz CT molecular complexity index is 907. The Balaban J connectivity index is 2.24. The van der Waals surface area contributed by atoms with Crippen molar-refractivity contribution in [3.05, 3.63) is 57.7 Å². The van der Waals surface area contributed by atoms with Crippen LogP contribution in [0, 0.1) is 6.92 Å². The molecule has 3 rings (SSSR count). The van der Waals surface area contributed by atoms with Crippen molar-refractivity contribution < 1.29 is 5.11 Å². The molecular formula is C20H20ClN3O. The summed E-state index contributed by atoms with van der Waals surface area (Å²) in [7, 11) is 0. The molecular weight excluding hydrogens is 334 g/mol. The van der Waals surface area contributed by atoms with Crippen molar-refractivity contribution in [3.63, 3.8) is 0 Å². The van der Waals surface area contributed by atoms with Gasteiger partial charge in [-0.15, -0.1) is 10.2 Å². The van der Waals surface area contributed by atoms with Gasteiger partial charge >= 0.3 is 0 Å². The van der Waals surface area contributed by atoms with Crippen molar-refractivity contribution in [2.45, 2.75) is 33.1 Å². The predicted molar refractivity (Wildman–Crippen MR) is 103 cm³/mol. The average molecular weight is 354 g/mol. The Labute approximate surface area is 152 Å². The summed E-state index contributed by atoms with van der Waals surface area (Å²) < 4.78 is 0. The maximum absolute atomic E-state index is 10.9. The van der Waals surface area contributed by atoms with Crippen molar-refractivity contribution >= 4 is 23.9 Å². The summed E-state index contributed by atoms with van der Waals surface area (Å²) in [5.74, 6) is 0.293. The Kier molecular flexibility index (Phi) is 4.48. The van der Waals surface area contributed by atoms with Crippen LogP contribution in [0.5, 0.6) is 5.75 Å². The van der Waals surface area contributed by atoms with Crippen LogP contribution < -0.4 is 0 Å². The topological polar surface area (TPSA) is 57.3 Å². The minimum Gasteiger partial charge on any atom is -0.507 e. The molecule has 128 valence electrons. The van der Waals surface area contributed by atoms with Crippen molar-refractivity contribution in [2.75, 3.05) is 0 Å². The number of hydrogen-bond donors (Lipinski definition) is 1. The highest BCUT2D eigenvalue weighted by molar-refractivity contribution is 6.30. The molecule has 2 aromatic carbocycles. The van der Waals surface area contributed by atoms with E-state index in [0.717, 1.165) is 27.8 Å². The quantitative estimate of drug-likeness (QED) is 0.695. The van der Waals surface area contributed by atoms with Crippen LogP contribution in [-0.4, -0.2) is 11.3 Å². The van der Waals surface area contributed by atoms with Gasteiger partial charge in [0.15, 0.2) is 0 Å². The summed E-state index contributed by atoms with van der Waals surface area (Å²) in [6.45, 7) is 8.30. The highest BCUT2D eigenvalue weighted by Gasteiger charge is 2.22. The lowest BCUT2D eigenvalue weighted by Crippen LogP contribution is -2.12. The number of nitrogens with zero attached hydrogens (tertiary/aromatic N) is 3. The predicted octanol–water partition coefficient (Wildman–Crippen LogP) is 6.11. The number of allylic oxidation sites excluding steroid dienone is 1. The second kappa shape index (κ2) is 6.45. The largest absolute Gasteiger partial charge is 0.507 e. The van der Waals surface area contributed by atoms with Crippen LogP contribution in [-0.2, 0) is 5.41 Å². The van der Waals surface area contributed by atoms with Crippen molar-refractivity contribution in [2.24, 2.45) is 15.4 Å². The molecule has 1 aliphatic heterocycles. The second-order valence-corrected chi connectivity index (χ2v) is 7.63. The van der Waals surface area contributed by atoms with Gasteiger partial charge < -0.3 is 5.11 Å². The normalized spacial score (nSPS) is 15.3. The van der Waals surface area contributed by atoms with Crippen molar-refractivity contribution in [3.8, 4) is 16.9 Å². The van der Waals surface area contributed by atoms with E-state index in [4.69, 9.17) is 11.6 Å². The molecule has 0 amide bonds. The molecule has 5 heteroatoms. The third-order valence-electron chi connectivity index (χ3n) is 4.07. The van der Waals surface area contributed by atoms with Crippen LogP contribution in [0.1, 0.15) is 37.5 Å². The first kappa shape index (κ1) is 17.4. The number of aryl methyl sites for hydroxylation is 1. The fourth-order valence-corrected chi connectivity index (χ4v) is 3.05. The molecule has 4 nitrogen and oxygen atoms in total. The Morgan fingerprint density at radius 3 is 2.48 bits per heavy atom. The fourth-order valence-electron chi connectivity index (χ4n) is 2.87. The minimum atomic E-state index is -0.164. The van der Waals surface area contributed by atoms with Gasteiger partial charge in [-0.2, -0.15) is 0 Å². The zero-order valence-corrected chi connectivity index (χ0v) is 15.5. The van der Waals surface area contributed by atoms with Gasteiger partial charge in [-0.1, -0.05) is 44.5 Å². The van der Waals surface area contributed by atoms with Gasteiger partial charge in [0.25, 0.3) is 0 Å². The van der Waals surface area contributed by atoms with Gasteiger partial charge in [0.2, 0.25) is 0 Å². The van der Waals surface area contributed by atoms with E-state index in [0.29, 0.717) is 16.5 Å². The van der Waals surface area contributed by atoms with Gasteiger partial charge in [-0.3, -0.25) is 0 Å². The number of phenols is 1. The molecule has 2 aromatic rings. The Hall–Kier alpha value is -2.46. The van der Waals surface area contributed by atoms with E-state index in [2.05, 4.69) is 36.2 Å². The van der Waals surface area contributed by atoms with Crippen LogP contribution in [0.2, 0.25) is 5.02 Å². The van der Waals surface area contributed by atoms with Gasteiger partial charge in [0.1, 0.15) is 11.4 Å². The number of halogens is 1. The maximum Gasteiger partial charge on any atom is 0.127 e. The number of rotatable bonds is 2. The molecule has 0 saturated carbocycles. The van der Waals surface area contributed by atoms with E-state index >= 15 is 0 Å². The smallest absolute Gasteiger partial charge is 0.127 e. The lowest BCUT2D eigenvalue weighted by atomic mass is 9.82. The third kappa shape index (κ3) is 3.64. The van der Waals surface area contributed by atoms with Gasteiger partial charge in [0, 0.05) is 16.1 Å². The molecule has 0 fully saturated rings. The van der Waals surface area contributed by atoms with Gasteiger partial charge in [-0.05, 0) is 58.5 Å². The van der Waals surface area contributed by atoms with Crippen molar-refractivity contribution in [1.82, 2.24) is 0 Å². The molecule has 0 bridgehead atoms. The number of phenolic OH excluding ortho intramolecular Hbond substituents is 1. The van der Waals surface area contributed by atoms with Crippen LogP contribution >= 0.6 is 11.6 Å². The Morgan fingerprint density at radius 2 is 1.84 bits per heavy atom. The summed E-state index contributed by atoms with van der Waals surface area (Å²) >= 11 is 6.19. The van der Waals surface area contributed by atoms with E-state index in [9.17, 15) is 5.11 Å². The second-order valence-electron chi connectivity index (χ2n) is 7.19. The summed E-state index contributed by atoms with van der Waals surface area (Å²) in [5, 5.41) is 22.9. The average Bonchev–Trinajstić information content (AvgIpc) is 3.02. The van der Waals surface area contributed by atoms with Crippen molar-refractivity contribution in [1.29, 1.82) is 0 Å². The molecule has 1 heterocycles. The monoisotopic (exact) mass is 353 g/mol. The van der Waals surface area contributed by atoms with E-state index in [1.165, 1.54) is 0 Å². The van der Waals surface area contributed by atoms with E-state index in [-0.39, 0.29) is 5.41 Å². The number of benzene rings is 2. The van der Waals surface area contributed by atoms with E-state index < -0.39 is 0 Å². The molecule has 0 radical (unpaired) electrons. The summed E-state index contributed by atoms with van der Waals surface area (Å²) in [4.78, 5) is 0. The zero-order chi connectivity index (χ0) is 18.2. The summed E-state index contributed by atoms with van der Waals surface area (Å²) in [5.41, 5.74) is 5.01. The first-order valence-corrected chi connectivity index (χ1v) is 8.43. The molecule has 1 N–H and O–H groups in total. The van der Waals surface area contributed by atoms with Crippen LogP contribution in [0.4, 0.5) is 0 Å². The van der Waals surface area contributed by atoms with Gasteiger partial charge in [-0.25, -0.2) is 0 Å². The molecule has 0 aromatic heterocycles. The molecule has 0 aliphatic carbocycles. The highest BCUT2D eigenvalue weighted by atomic mass is 35.5. The third-order valence-corrected chi connectivity index (χ3v) is 4.31. The molecule has 0 spiro atoms. The van der Waals surface area contributed by atoms with E-state index in [1.54, 1.807) is 6.21 Å². The van der Waals surface area contributed by atoms with Crippen LogP contribution in [0.25, 0.3) is 17.2 Å². The molecule has 1 aliphatic rings. The summed E-state index contributed by atoms with van der Waals surface area (Å²) in [6.07, 6.45) is 3.45. The first-order valence-electron chi connectivity index (χ1n) is 8.05. The number of hydrogen-bond acceptors (Lipinski definition) is 4. The Morgan fingerprint density at radius 1 is 1.08 bits per heavy atom. The lowest BCUT2D eigenvalue weighted by Gasteiger charge is -2.23. The summed E-state index contributed by atoms with van der Waals surface area (Å²) in [6, 6.07) is 9.61. The van der Waals surface area contributed by atoms with E-state index in [1.807, 2.05) is 43.3 Å². The SMILES string of the molecule is Cc1cc(-c2ccc(Cl)cc2C=C2C=NN=N2)c(O)c(C(C)(C)C)c1. The number of aromatic hydroxyl groups is 1. The molecule has 0 unspecified atom stereocenters. The maximum atomic E-state index is 10.9. The lowest BCUT2D eigenvalue weighted by molar-refractivity contribution is 0.448. The van der Waals surface area contributed by atoms with Crippen LogP contribution in [0.15, 0.2) is 51.5 Å². The molecule has 0 atom stereocenters. The fraction of sp³-hybridized carbons (Fsp3) is 0.250.